The van der Waals surface area contributed by atoms with E-state index in [4.69, 9.17) is 15.6 Å². The summed E-state index contributed by atoms with van der Waals surface area (Å²) in [6, 6.07) is 17.2. The van der Waals surface area contributed by atoms with Gasteiger partial charge in [-0.05, 0) is 55.3 Å². The quantitative estimate of drug-likeness (QED) is 0.481. The molecule has 1 atom stereocenters. The second-order valence-corrected chi connectivity index (χ2v) is 7.55. The molecule has 2 aromatic carbocycles. The zero-order chi connectivity index (χ0) is 22.1. The zero-order valence-corrected chi connectivity index (χ0v) is 17.4. The van der Waals surface area contributed by atoms with Crippen LogP contribution in [0, 0.1) is 0 Å². The average molecular weight is 426 g/mol. The van der Waals surface area contributed by atoms with E-state index in [1.54, 1.807) is 9.58 Å². The number of anilines is 1. The Labute approximate surface area is 185 Å². The molecular formula is C24H22N6O2. The van der Waals surface area contributed by atoms with Gasteiger partial charge in [0.1, 0.15) is 35.5 Å². The van der Waals surface area contributed by atoms with Crippen molar-refractivity contribution in [3.63, 3.8) is 0 Å². The van der Waals surface area contributed by atoms with Gasteiger partial charge in [-0.15, -0.1) is 0 Å². The number of likely N-dealkylation sites (tertiary alicyclic amines) is 1. The molecule has 1 fully saturated rings. The highest BCUT2D eigenvalue weighted by Gasteiger charge is 2.32. The van der Waals surface area contributed by atoms with Gasteiger partial charge in [-0.2, -0.15) is 5.10 Å². The van der Waals surface area contributed by atoms with Gasteiger partial charge in [0.15, 0.2) is 5.65 Å². The standard InChI is InChI=1S/C24H22N6O2/c1-2-20(31)29-14-6-9-19(29)30-24-21(23(25)26-15-27-24)22(28-30)16-10-12-18(13-11-16)32-17-7-4-3-5-8-17/h2-5,7-8,10-13,15,19H,1,6,9,14H2,(H2,25,26,27)/t19-/m1/s1. The van der Waals surface area contributed by atoms with Crippen molar-refractivity contribution in [1.82, 2.24) is 24.6 Å². The van der Waals surface area contributed by atoms with E-state index in [-0.39, 0.29) is 12.1 Å². The highest BCUT2D eigenvalue weighted by Crippen LogP contribution is 2.36. The summed E-state index contributed by atoms with van der Waals surface area (Å²) in [4.78, 5) is 22.7. The van der Waals surface area contributed by atoms with Crippen LogP contribution in [0.3, 0.4) is 0 Å². The number of nitrogens with two attached hydrogens (primary N) is 1. The fourth-order valence-corrected chi connectivity index (χ4v) is 4.09. The molecule has 160 valence electrons. The first-order valence-electron chi connectivity index (χ1n) is 10.4. The van der Waals surface area contributed by atoms with E-state index >= 15 is 0 Å². The lowest BCUT2D eigenvalue weighted by Gasteiger charge is -2.23. The molecule has 5 rings (SSSR count). The first kappa shape index (κ1) is 19.7. The Balaban J connectivity index is 1.55. The molecule has 0 aliphatic carbocycles. The molecule has 1 saturated heterocycles. The van der Waals surface area contributed by atoms with E-state index in [0.717, 1.165) is 24.2 Å². The van der Waals surface area contributed by atoms with Crippen LogP contribution in [-0.2, 0) is 4.79 Å². The molecule has 0 saturated carbocycles. The Kier molecular flexibility index (Phi) is 5.03. The lowest BCUT2D eigenvalue weighted by atomic mass is 10.1. The average Bonchev–Trinajstić information content (AvgIpc) is 3.45. The first-order chi connectivity index (χ1) is 15.7. The van der Waals surface area contributed by atoms with Gasteiger partial charge >= 0.3 is 0 Å². The lowest BCUT2D eigenvalue weighted by Crippen LogP contribution is -2.32. The molecule has 8 nitrogen and oxygen atoms in total. The second kappa shape index (κ2) is 8.14. The lowest BCUT2D eigenvalue weighted by molar-refractivity contribution is -0.128. The van der Waals surface area contributed by atoms with Crippen LogP contribution in [-0.4, -0.2) is 37.1 Å². The number of carbonyl (C=O) groups is 1. The molecule has 1 aliphatic heterocycles. The summed E-state index contributed by atoms with van der Waals surface area (Å²) >= 11 is 0. The van der Waals surface area contributed by atoms with E-state index in [2.05, 4.69) is 16.5 Å². The van der Waals surface area contributed by atoms with Crippen molar-refractivity contribution in [2.24, 2.45) is 0 Å². The Morgan fingerprint density at radius 1 is 1.09 bits per heavy atom. The summed E-state index contributed by atoms with van der Waals surface area (Å²) in [5.41, 5.74) is 8.36. The number of rotatable bonds is 5. The fourth-order valence-electron chi connectivity index (χ4n) is 4.09. The van der Waals surface area contributed by atoms with Crippen molar-refractivity contribution in [3.8, 4) is 22.8 Å². The van der Waals surface area contributed by atoms with E-state index in [1.807, 2.05) is 54.6 Å². The SMILES string of the molecule is C=CC(=O)N1CCC[C@H]1n1nc(-c2ccc(Oc3ccccc3)cc2)c2c(N)ncnc21. The number of amides is 1. The number of hydrogen-bond donors (Lipinski definition) is 1. The largest absolute Gasteiger partial charge is 0.457 e. The van der Waals surface area contributed by atoms with Crippen molar-refractivity contribution < 1.29 is 9.53 Å². The number of fused-ring (bicyclic) bond motifs is 1. The number of benzene rings is 2. The Hall–Kier alpha value is -4.20. The predicted molar refractivity (Wildman–Crippen MR) is 122 cm³/mol. The molecule has 0 unspecified atom stereocenters. The molecule has 4 aromatic rings. The van der Waals surface area contributed by atoms with Crippen LogP contribution in [0.1, 0.15) is 19.0 Å². The fraction of sp³-hybridized carbons (Fsp3) is 0.167. The van der Waals surface area contributed by atoms with Crippen molar-refractivity contribution in [2.75, 3.05) is 12.3 Å². The molecule has 0 spiro atoms. The summed E-state index contributed by atoms with van der Waals surface area (Å²) in [7, 11) is 0. The minimum Gasteiger partial charge on any atom is -0.457 e. The number of ether oxygens (including phenoxy) is 1. The molecule has 1 amide bonds. The maximum absolute atomic E-state index is 12.4. The number of nitrogens with zero attached hydrogens (tertiary/aromatic N) is 5. The molecule has 8 heteroatoms. The maximum atomic E-state index is 12.4. The van der Waals surface area contributed by atoms with Crippen molar-refractivity contribution in [3.05, 3.63) is 73.6 Å². The number of para-hydroxylation sites is 1. The van der Waals surface area contributed by atoms with Crippen LogP contribution >= 0.6 is 0 Å². The highest BCUT2D eigenvalue weighted by atomic mass is 16.5. The minimum atomic E-state index is -0.244. The summed E-state index contributed by atoms with van der Waals surface area (Å²) in [5, 5.41) is 5.52. The van der Waals surface area contributed by atoms with Crippen LogP contribution in [0.15, 0.2) is 73.6 Å². The third kappa shape index (κ3) is 3.45. The maximum Gasteiger partial charge on any atom is 0.247 e. The highest BCUT2D eigenvalue weighted by molar-refractivity contribution is 5.98. The first-order valence-corrected chi connectivity index (χ1v) is 10.4. The summed E-state index contributed by atoms with van der Waals surface area (Å²) in [6.07, 6.45) is 4.17. The smallest absolute Gasteiger partial charge is 0.247 e. The second-order valence-electron chi connectivity index (χ2n) is 7.55. The van der Waals surface area contributed by atoms with Gasteiger partial charge in [-0.25, -0.2) is 14.6 Å². The Morgan fingerprint density at radius 3 is 2.59 bits per heavy atom. The number of aromatic nitrogens is 4. The van der Waals surface area contributed by atoms with Crippen LogP contribution in [0.25, 0.3) is 22.3 Å². The van der Waals surface area contributed by atoms with Gasteiger partial charge in [0.05, 0.1) is 5.39 Å². The molecule has 3 heterocycles. The number of hydrogen-bond acceptors (Lipinski definition) is 6. The van der Waals surface area contributed by atoms with Crippen LogP contribution in [0.5, 0.6) is 11.5 Å². The summed E-state index contributed by atoms with van der Waals surface area (Å²) in [5.74, 6) is 1.70. The third-order valence-corrected chi connectivity index (χ3v) is 5.59. The van der Waals surface area contributed by atoms with Crippen LogP contribution in [0.4, 0.5) is 5.82 Å². The van der Waals surface area contributed by atoms with E-state index in [1.165, 1.54) is 12.4 Å². The van der Waals surface area contributed by atoms with Gasteiger partial charge in [-0.3, -0.25) is 4.79 Å². The summed E-state index contributed by atoms with van der Waals surface area (Å²) in [6.45, 7) is 4.27. The molecule has 0 bridgehead atoms. The third-order valence-electron chi connectivity index (χ3n) is 5.59. The molecule has 2 aromatic heterocycles. The summed E-state index contributed by atoms with van der Waals surface area (Å²) < 4.78 is 7.67. The van der Waals surface area contributed by atoms with Gasteiger partial charge in [0.25, 0.3) is 0 Å². The van der Waals surface area contributed by atoms with Gasteiger partial charge in [-0.1, -0.05) is 24.8 Å². The number of carbonyl (C=O) groups excluding carboxylic acids is 1. The Bertz CT molecular complexity index is 1280. The predicted octanol–water partition coefficient (Wildman–Crippen LogP) is 4.17. The number of nitrogen functional groups attached to an aromatic ring is 1. The molecule has 2 N–H and O–H groups in total. The van der Waals surface area contributed by atoms with Crippen LogP contribution < -0.4 is 10.5 Å². The Morgan fingerprint density at radius 2 is 1.84 bits per heavy atom. The minimum absolute atomic E-state index is 0.123. The van der Waals surface area contributed by atoms with E-state index in [0.29, 0.717) is 34.8 Å². The van der Waals surface area contributed by atoms with Gasteiger partial charge in [0, 0.05) is 12.1 Å². The van der Waals surface area contributed by atoms with Crippen molar-refractivity contribution in [2.45, 2.75) is 19.0 Å². The van der Waals surface area contributed by atoms with Crippen molar-refractivity contribution in [1.29, 1.82) is 0 Å². The van der Waals surface area contributed by atoms with Gasteiger partial charge < -0.3 is 15.4 Å². The van der Waals surface area contributed by atoms with Gasteiger partial charge in [0.2, 0.25) is 5.91 Å². The normalized spacial score (nSPS) is 15.8. The van der Waals surface area contributed by atoms with E-state index in [9.17, 15) is 4.79 Å². The topological polar surface area (TPSA) is 99.2 Å². The molecule has 1 aliphatic rings. The van der Waals surface area contributed by atoms with E-state index < -0.39 is 0 Å². The van der Waals surface area contributed by atoms with Crippen molar-refractivity contribution >= 4 is 22.8 Å². The molecule has 0 radical (unpaired) electrons. The zero-order valence-electron chi connectivity index (χ0n) is 17.4. The molecular weight excluding hydrogens is 404 g/mol. The molecule has 32 heavy (non-hydrogen) atoms. The van der Waals surface area contributed by atoms with Crippen LogP contribution in [0.2, 0.25) is 0 Å². The monoisotopic (exact) mass is 426 g/mol.